The van der Waals surface area contributed by atoms with Gasteiger partial charge in [-0.1, -0.05) is 53.5 Å². The number of nitrogens with zero attached hydrogens (tertiary/aromatic N) is 1. The largest absolute Gasteiger partial charge is 0.348 e. The molecule has 1 atom stereocenters. The molecule has 2 amide bonds. The molecule has 1 aliphatic rings. The second-order valence-electron chi connectivity index (χ2n) is 6.04. The van der Waals surface area contributed by atoms with Gasteiger partial charge in [0.15, 0.2) is 0 Å². The first-order valence-corrected chi connectivity index (χ1v) is 8.84. The van der Waals surface area contributed by atoms with E-state index in [0.717, 1.165) is 16.8 Å². The lowest BCUT2D eigenvalue weighted by Crippen LogP contribution is -2.43. The lowest BCUT2D eigenvalue weighted by Gasteiger charge is -2.29. The van der Waals surface area contributed by atoms with E-state index in [4.69, 9.17) is 23.2 Å². The third kappa shape index (κ3) is 3.80. The second-order valence-corrected chi connectivity index (χ2v) is 6.83. The van der Waals surface area contributed by atoms with Crippen LogP contribution in [0.15, 0.2) is 42.5 Å². The summed E-state index contributed by atoms with van der Waals surface area (Å²) in [6.45, 7) is 1.82. The fourth-order valence-corrected chi connectivity index (χ4v) is 3.50. The molecule has 25 heavy (non-hydrogen) atoms. The summed E-state index contributed by atoms with van der Waals surface area (Å²) in [5, 5.41) is 3.76. The highest BCUT2D eigenvalue weighted by atomic mass is 35.5. The monoisotopic (exact) mass is 376 g/mol. The SMILES string of the molecule is CC(NC(=O)CN1C(=O)CCc2ccccc21)c1cccc(Cl)c1Cl. The number of nitrogens with one attached hydrogen (secondary N) is 1. The number of anilines is 1. The van der Waals surface area contributed by atoms with Gasteiger partial charge in [0.05, 0.1) is 16.1 Å². The fourth-order valence-electron chi connectivity index (χ4n) is 3.03. The predicted octanol–water partition coefficient (Wildman–Crippen LogP) is 4.15. The second kappa shape index (κ2) is 7.46. The number of carbonyl (C=O) groups excluding carboxylic acids is 2. The van der Waals surface area contributed by atoms with Crippen molar-refractivity contribution in [2.24, 2.45) is 0 Å². The predicted molar refractivity (Wildman–Crippen MR) is 100 cm³/mol. The maximum Gasteiger partial charge on any atom is 0.240 e. The van der Waals surface area contributed by atoms with Gasteiger partial charge in [-0.2, -0.15) is 0 Å². The first kappa shape index (κ1) is 17.8. The maximum absolute atomic E-state index is 12.5. The molecule has 0 fully saturated rings. The smallest absolute Gasteiger partial charge is 0.240 e. The molecule has 1 N–H and O–H groups in total. The Morgan fingerprint density at radius 3 is 2.72 bits per heavy atom. The Balaban J connectivity index is 1.72. The van der Waals surface area contributed by atoms with Crippen LogP contribution in [-0.4, -0.2) is 18.4 Å². The van der Waals surface area contributed by atoms with Gasteiger partial charge in [0.1, 0.15) is 6.54 Å². The van der Waals surface area contributed by atoms with Gasteiger partial charge < -0.3 is 10.2 Å². The van der Waals surface area contributed by atoms with Crippen LogP contribution in [0, 0.1) is 0 Å². The van der Waals surface area contributed by atoms with Crippen LogP contribution in [0.3, 0.4) is 0 Å². The summed E-state index contributed by atoms with van der Waals surface area (Å²) >= 11 is 12.2. The average molecular weight is 377 g/mol. The summed E-state index contributed by atoms with van der Waals surface area (Å²) in [7, 11) is 0. The zero-order chi connectivity index (χ0) is 18.0. The van der Waals surface area contributed by atoms with Gasteiger partial charge in [-0.15, -0.1) is 0 Å². The molecular weight excluding hydrogens is 359 g/mol. The van der Waals surface area contributed by atoms with E-state index in [9.17, 15) is 9.59 Å². The third-order valence-electron chi connectivity index (χ3n) is 4.32. The topological polar surface area (TPSA) is 49.4 Å². The Morgan fingerprint density at radius 2 is 1.92 bits per heavy atom. The van der Waals surface area contributed by atoms with Crippen molar-refractivity contribution < 1.29 is 9.59 Å². The molecular formula is C19H18Cl2N2O2. The maximum atomic E-state index is 12.5. The summed E-state index contributed by atoms with van der Waals surface area (Å²) in [4.78, 5) is 26.3. The van der Waals surface area contributed by atoms with Crippen LogP contribution in [0.5, 0.6) is 0 Å². The highest BCUT2D eigenvalue weighted by molar-refractivity contribution is 6.42. The van der Waals surface area contributed by atoms with Gasteiger partial charge >= 0.3 is 0 Å². The standard InChI is InChI=1S/C19H18Cl2N2O2/c1-12(14-6-4-7-15(20)19(14)21)22-17(24)11-23-16-8-3-2-5-13(16)9-10-18(23)25/h2-8,12H,9-11H2,1H3,(H,22,24). The Labute approximate surface area is 156 Å². The highest BCUT2D eigenvalue weighted by Crippen LogP contribution is 2.30. The van der Waals surface area contributed by atoms with Crippen molar-refractivity contribution in [2.45, 2.75) is 25.8 Å². The van der Waals surface area contributed by atoms with Gasteiger partial charge in [0.2, 0.25) is 11.8 Å². The summed E-state index contributed by atoms with van der Waals surface area (Å²) in [6, 6.07) is 12.7. The summed E-state index contributed by atoms with van der Waals surface area (Å²) in [6.07, 6.45) is 1.13. The van der Waals surface area contributed by atoms with Crippen LogP contribution in [0.2, 0.25) is 10.0 Å². The van der Waals surface area contributed by atoms with Crippen molar-refractivity contribution in [3.8, 4) is 0 Å². The number of rotatable bonds is 4. The lowest BCUT2D eigenvalue weighted by molar-refractivity contribution is -0.124. The number of benzene rings is 2. The van der Waals surface area contributed by atoms with Crippen molar-refractivity contribution in [1.82, 2.24) is 5.32 Å². The van der Waals surface area contributed by atoms with Gasteiger partial charge in [-0.3, -0.25) is 9.59 Å². The molecule has 1 aliphatic heterocycles. The summed E-state index contributed by atoms with van der Waals surface area (Å²) < 4.78 is 0. The molecule has 1 heterocycles. The minimum absolute atomic E-state index is 0.0155. The summed E-state index contributed by atoms with van der Waals surface area (Å²) in [5.41, 5.74) is 2.64. The number of aryl methyl sites for hydroxylation is 1. The van der Waals surface area contributed by atoms with Crippen LogP contribution >= 0.6 is 23.2 Å². The van der Waals surface area contributed by atoms with E-state index in [-0.39, 0.29) is 24.4 Å². The average Bonchev–Trinajstić information content (AvgIpc) is 2.59. The minimum Gasteiger partial charge on any atom is -0.348 e. The molecule has 0 bridgehead atoms. The molecule has 2 aromatic rings. The molecule has 0 aromatic heterocycles. The first-order chi connectivity index (χ1) is 12.0. The van der Waals surface area contributed by atoms with Crippen LogP contribution in [0.1, 0.15) is 30.5 Å². The van der Waals surface area contributed by atoms with E-state index in [1.165, 1.54) is 0 Å². The molecule has 2 aromatic carbocycles. The molecule has 6 heteroatoms. The van der Waals surface area contributed by atoms with Gasteiger partial charge in [-0.05, 0) is 36.6 Å². The molecule has 0 radical (unpaired) electrons. The molecule has 130 valence electrons. The van der Waals surface area contributed by atoms with E-state index >= 15 is 0 Å². The third-order valence-corrected chi connectivity index (χ3v) is 5.15. The molecule has 4 nitrogen and oxygen atoms in total. The molecule has 0 aliphatic carbocycles. The number of carbonyl (C=O) groups is 2. The van der Waals surface area contributed by atoms with E-state index in [1.54, 1.807) is 17.0 Å². The Hall–Kier alpha value is -2.04. The fraction of sp³-hybridized carbons (Fsp3) is 0.263. The number of hydrogen-bond acceptors (Lipinski definition) is 2. The summed E-state index contributed by atoms with van der Waals surface area (Å²) in [5.74, 6) is -0.282. The van der Waals surface area contributed by atoms with Gasteiger partial charge in [-0.25, -0.2) is 0 Å². The van der Waals surface area contributed by atoms with E-state index in [0.29, 0.717) is 22.9 Å². The highest BCUT2D eigenvalue weighted by Gasteiger charge is 2.26. The number of hydrogen-bond donors (Lipinski definition) is 1. The Bertz CT molecular complexity index is 823. The van der Waals surface area contributed by atoms with Gasteiger partial charge in [0.25, 0.3) is 0 Å². The van der Waals surface area contributed by atoms with Crippen molar-refractivity contribution >= 4 is 40.7 Å². The Morgan fingerprint density at radius 1 is 1.16 bits per heavy atom. The normalized spacial score (nSPS) is 14.8. The molecule has 3 rings (SSSR count). The van der Waals surface area contributed by atoms with Crippen molar-refractivity contribution in [3.05, 3.63) is 63.6 Å². The van der Waals surface area contributed by atoms with Crippen molar-refractivity contribution in [2.75, 3.05) is 11.4 Å². The number of fused-ring (bicyclic) bond motifs is 1. The number of halogens is 2. The van der Waals surface area contributed by atoms with Crippen LogP contribution in [0.4, 0.5) is 5.69 Å². The zero-order valence-corrected chi connectivity index (χ0v) is 15.3. The van der Waals surface area contributed by atoms with Crippen LogP contribution in [0.25, 0.3) is 0 Å². The van der Waals surface area contributed by atoms with E-state index in [1.807, 2.05) is 37.3 Å². The number of para-hydroxylation sites is 1. The molecule has 0 saturated heterocycles. The van der Waals surface area contributed by atoms with E-state index in [2.05, 4.69) is 5.32 Å². The number of amides is 2. The van der Waals surface area contributed by atoms with Crippen LogP contribution in [-0.2, 0) is 16.0 Å². The van der Waals surface area contributed by atoms with Crippen molar-refractivity contribution in [3.63, 3.8) is 0 Å². The Kier molecular flexibility index (Phi) is 5.30. The molecule has 1 unspecified atom stereocenters. The quantitative estimate of drug-likeness (QED) is 0.870. The lowest BCUT2D eigenvalue weighted by atomic mass is 10.0. The van der Waals surface area contributed by atoms with Crippen LogP contribution < -0.4 is 10.2 Å². The first-order valence-electron chi connectivity index (χ1n) is 8.09. The van der Waals surface area contributed by atoms with Gasteiger partial charge in [0, 0.05) is 12.1 Å². The molecule has 0 spiro atoms. The molecule has 0 saturated carbocycles. The minimum atomic E-state index is -0.311. The van der Waals surface area contributed by atoms with E-state index < -0.39 is 0 Å². The zero-order valence-electron chi connectivity index (χ0n) is 13.8. The van der Waals surface area contributed by atoms with Crippen molar-refractivity contribution in [1.29, 1.82) is 0 Å².